The lowest BCUT2D eigenvalue weighted by atomic mass is 9.89. The van der Waals surface area contributed by atoms with Crippen molar-refractivity contribution in [2.75, 3.05) is 13.2 Å². The smallest absolute Gasteiger partial charge is 0.269 e. The molecular weight excluding hydrogens is 336 g/mol. The van der Waals surface area contributed by atoms with Crippen LogP contribution >= 0.6 is 0 Å². The van der Waals surface area contributed by atoms with Crippen LogP contribution in [-0.4, -0.2) is 40.1 Å². The van der Waals surface area contributed by atoms with Gasteiger partial charge in [-0.1, -0.05) is 0 Å². The molecule has 0 saturated heterocycles. The number of hydrogen-bond acceptors (Lipinski definition) is 6. The molecule has 0 saturated carbocycles. The second kappa shape index (κ2) is 6.35. The number of nitrogens with zero attached hydrogens (tertiary/aromatic N) is 3. The molecule has 2 atom stereocenters. The van der Waals surface area contributed by atoms with Gasteiger partial charge in [-0.05, 0) is 30.2 Å². The first kappa shape index (κ1) is 16.4. The molecule has 8 nitrogen and oxygen atoms in total. The van der Waals surface area contributed by atoms with E-state index in [1.165, 1.54) is 0 Å². The molecule has 0 spiro atoms. The topological polar surface area (TPSA) is 123 Å². The lowest BCUT2D eigenvalue weighted by Crippen LogP contribution is -2.30. The number of benzene rings is 1. The fourth-order valence-electron chi connectivity index (χ4n) is 3.55. The van der Waals surface area contributed by atoms with Crippen molar-refractivity contribution in [2.24, 2.45) is 5.73 Å². The van der Waals surface area contributed by atoms with Crippen molar-refractivity contribution in [1.82, 2.24) is 9.78 Å². The van der Waals surface area contributed by atoms with Crippen molar-refractivity contribution < 1.29 is 19.4 Å². The van der Waals surface area contributed by atoms with E-state index in [0.717, 1.165) is 11.3 Å². The zero-order chi connectivity index (χ0) is 18.3. The van der Waals surface area contributed by atoms with E-state index in [0.29, 0.717) is 43.0 Å². The van der Waals surface area contributed by atoms with Crippen molar-refractivity contribution in [3.63, 3.8) is 0 Å². The summed E-state index contributed by atoms with van der Waals surface area (Å²) in [5, 5.41) is 22.8. The lowest BCUT2D eigenvalue weighted by Gasteiger charge is -2.28. The summed E-state index contributed by atoms with van der Waals surface area (Å²) >= 11 is 0. The van der Waals surface area contributed by atoms with Crippen LogP contribution in [0.4, 0.5) is 0 Å². The molecule has 134 valence electrons. The third-order valence-electron chi connectivity index (χ3n) is 4.82. The summed E-state index contributed by atoms with van der Waals surface area (Å²) in [6.45, 7) is 0.792. The van der Waals surface area contributed by atoms with Crippen molar-refractivity contribution in [3.05, 3.63) is 40.6 Å². The SMILES string of the molecule is N#Cc1ccc2c(c1)C[C@H](c1c(C(N)=O)nn3c1OC(CO)CC3)CO2. The molecule has 4 rings (SSSR count). The quantitative estimate of drug-likeness (QED) is 0.837. The highest BCUT2D eigenvalue weighted by Gasteiger charge is 2.35. The van der Waals surface area contributed by atoms with E-state index in [1.807, 2.05) is 0 Å². The van der Waals surface area contributed by atoms with Crippen LogP contribution in [-0.2, 0) is 13.0 Å². The Bertz CT molecular complexity index is 915. The molecule has 8 heteroatoms. The Kier molecular flexibility index (Phi) is 4.01. The Morgan fingerprint density at radius 3 is 3.08 bits per heavy atom. The molecule has 2 aliphatic heterocycles. The number of fused-ring (bicyclic) bond motifs is 2. The molecule has 1 amide bonds. The highest BCUT2D eigenvalue weighted by molar-refractivity contribution is 5.93. The van der Waals surface area contributed by atoms with Crippen LogP contribution in [0.25, 0.3) is 0 Å². The molecule has 1 aromatic carbocycles. The Morgan fingerprint density at radius 1 is 1.50 bits per heavy atom. The van der Waals surface area contributed by atoms with Gasteiger partial charge in [0, 0.05) is 18.9 Å². The van der Waals surface area contributed by atoms with Gasteiger partial charge >= 0.3 is 0 Å². The number of aliphatic hydroxyl groups is 1. The first-order valence-electron chi connectivity index (χ1n) is 8.44. The van der Waals surface area contributed by atoms with E-state index in [-0.39, 0.29) is 24.3 Å². The molecule has 1 unspecified atom stereocenters. The average Bonchev–Trinajstić information content (AvgIpc) is 3.05. The largest absolute Gasteiger partial charge is 0.493 e. The summed E-state index contributed by atoms with van der Waals surface area (Å²) in [7, 11) is 0. The molecule has 0 bridgehead atoms. The molecule has 2 aromatic rings. The van der Waals surface area contributed by atoms with Gasteiger partial charge in [0.1, 0.15) is 11.9 Å². The number of amides is 1. The first-order chi connectivity index (χ1) is 12.6. The van der Waals surface area contributed by atoms with Crippen LogP contribution in [0.2, 0.25) is 0 Å². The number of aryl methyl sites for hydroxylation is 1. The van der Waals surface area contributed by atoms with Crippen molar-refractivity contribution in [2.45, 2.75) is 31.4 Å². The Balaban J connectivity index is 1.74. The summed E-state index contributed by atoms with van der Waals surface area (Å²) in [5.74, 6) is 0.399. The molecule has 0 radical (unpaired) electrons. The van der Waals surface area contributed by atoms with E-state index < -0.39 is 5.91 Å². The maximum atomic E-state index is 11.9. The molecule has 0 aliphatic carbocycles. The predicted octanol–water partition coefficient (Wildman–Crippen LogP) is 0.716. The fourth-order valence-corrected chi connectivity index (χ4v) is 3.55. The van der Waals surface area contributed by atoms with Crippen LogP contribution < -0.4 is 15.2 Å². The number of nitrogens with two attached hydrogens (primary N) is 1. The Hall–Kier alpha value is -3.05. The Labute approximate surface area is 149 Å². The number of carbonyl (C=O) groups excluding carboxylic acids is 1. The van der Waals surface area contributed by atoms with Crippen LogP contribution in [0.15, 0.2) is 18.2 Å². The van der Waals surface area contributed by atoms with E-state index in [9.17, 15) is 9.90 Å². The maximum Gasteiger partial charge on any atom is 0.269 e. The third-order valence-corrected chi connectivity index (χ3v) is 4.82. The highest BCUT2D eigenvalue weighted by Crippen LogP contribution is 2.40. The second-order valence-corrected chi connectivity index (χ2v) is 6.51. The number of aliphatic hydroxyl groups excluding tert-OH is 1. The van der Waals surface area contributed by atoms with Crippen molar-refractivity contribution in [1.29, 1.82) is 5.26 Å². The maximum absolute atomic E-state index is 11.9. The van der Waals surface area contributed by atoms with Gasteiger partial charge in [0.05, 0.1) is 30.4 Å². The first-order valence-corrected chi connectivity index (χ1v) is 8.44. The third kappa shape index (κ3) is 2.66. The molecule has 3 N–H and O–H groups in total. The zero-order valence-corrected chi connectivity index (χ0v) is 14.0. The highest BCUT2D eigenvalue weighted by atomic mass is 16.5. The lowest BCUT2D eigenvalue weighted by molar-refractivity contribution is 0.0714. The summed E-state index contributed by atoms with van der Waals surface area (Å²) in [5.41, 5.74) is 7.77. The van der Waals surface area contributed by atoms with E-state index in [4.69, 9.17) is 20.5 Å². The van der Waals surface area contributed by atoms with Gasteiger partial charge in [-0.15, -0.1) is 0 Å². The number of ether oxygens (including phenoxy) is 2. The molecule has 26 heavy (non-hydrogen) atoms. The van der Waals surface area contributed by atoms with Gasteiger partial charge in [0.25, 0.3) is 5.91 Å². The zero-order valence-electron chi connectivity index (χ0n) is 14.0. The number of aromatic nitrogens is 2. The minimum atomic E-state index is -0.623. The average molecular weight is 354 g/mol. The minimum Gasteiger partial charge on any atom is -0.493 e. The summed E-state index contributed by atoms with van der Waals surface area (Å²) in [6, 6.07) is 7.41. The van der Waals surface area contributed by atoms with Crippen molar-refractivity contribution in [3.8, 4) is 17.7 Å². The van der Waals surface area contributed by atoms with Crippen LogP contribution in [0.1, 0.15) is 39.5 Å². The second-order valence-electron chi connectivity index (χ2n) is 6.51. The number of hydrogen-bond donors (Lipinski definition) is 2. The van der Waals surface area contributed by atoms with Gasteiger partial charge in [0.2, 0.25) is 5.88 Å². The standard InChI is InChI=1S/C18H18N4O4/c19-7-10-1-2-14-11(5-10)6-12(9-25-14)15-16(17(20)24)21-22-4-3-13(8-23)26-18(15)22/h1-2,5,12-13,23H,3-4,6,8-9H2,(H2,20,24)/t12-,13?/m0/s1. The molecular formula is C18H18N4O4. The fraction of sp³-hybridized carbons (Fsp3) is 0.389. The summed E-state index contributed by atoms with van der Waals surface area (Å²) < 4.78 is 13.3. The van der Waals surface area contributed by atoms with E-state index in [2.05, 4.69) is 11.2 Å². The van der Waals surface area contributed by atoms with Gasteiger partial charge in [0.15, 0.2) is 5.69 Å². The van der Waals surface area contributed by atoms with E-state index in [1.54, 1.807) is 22.9 Å². The predicted molar refractivity (Wildman–Crippen MR) is 90.0 cm³/mol. The summed E-state index contributed by atoms with van der Waals surface area (Å²) in [6.07, 6.45) is 0.857. The molecule has 0 fully saturated rings. The van der Waals surface area contributed by atoms with Gasteiger partial charge in [-0.25, -0.2) is 4.68 Å². The monoisotopic (exact) mass is 354 g/mol. The van der Waals surface area contributed by atoms with Crippen LogP contribution in [0, 0.1) is 11.3 Å². The minimum absolute atomic E-state index is 0.105. The number of primary amides is 1. The normalized spacial score (nSPS) is 20.9. The van der Waals surface area contributed by atoms with Gasteiger partial charge < -0.3 is 20.3 Å². The van der Waals surface area contributed by atoms with Gasteiger partial charge in [-0.2, -0.15) is 10.4 Å². The van der Waals surface area contributed by atoms with Crippen LogP contribution in [0.5, 0.6) is 11.6 Å². The Morgan fingerprint density at radius 2 is 2.35 bits per heavy atom. The number of rotatable bonds is 3. The summed E-state index contributed by atoms with van der Waals surface area (Å²) in [4.78, 5) is 11.9. The van der Waals surface area contributed by atoms with Gasteiger partial charge in [-0.3, -0.25) is 4.79 Å². The van der Waals surface area contributed by atoms with Crippen molar-refractivity contribution >= 4 is 5.91 Å². The molecule has 1 aromatic heterocycles. The number of carbonyl (C=O) groups is 1. The van der Waals surface area contributed by atoms with Crippen LogP contribution in [0.3, 0.4) is 0 Å². The van der Waals surface area contributed by atoms with E-state index >= 15 is 0 Å². The number of nitriles is 1. The molecule has 3 heterocycles. The molecule has 2 aliphatic rings.